The van der Waals surface area contributed by atoms with Crippen molar-refractivity contribution in [1.82, 2.24) is 10.3 Å². The summed E-state index contributed by atoms with van der Waals surface area (Å²) in [4.78, 5) is 43.9. The van der Waals surface area contributed by atoms with Crippen molar-refractivity contribution >= 4 is 45.7 Å². The van der Waals surface area contributed by atoms with E-state index in [9.17, 15) is 14.4 Å². The highest BCUT2D eigenvalue weighted by Gasteiger charge is 2.25. The van der Waals surface area contributed by atoms with Crippen molar-refractivity contribution in [2.24, 2.45) is 0 Å². The maximum Gasteiger partial charge on any atom is 0.323 e. The minimum atomic E-state index is -0.211. The van der Waals surface area contributed by atoms with Crippen LogP contribution in [-0.4, -0.2) is 42.5 Å². The molecule has 0 atom stereocenters. The number of amides is 4. The number of para-hydroxylation sites is 2. The number of rotatable bonds is 5. The van der Waals surface area contributed by atoms with Crippen LogP contribution in [0.15, 0.2) is 29.6 Å². The van der Waals surface area contributed by atoms with Crippen LogP contribution in [-0.2, 0) is 16.0 Å². The first-order valence-electron chi connectivity index (χ1n) is 8.81. The molecule has 0 bridgehead atoms. The van der Waals surface area contributed by atoms with Gasteiger partial charge in [0, 0.05) is 31.4 Å². The maximum absolute atomic E-state index is 12.5. The molecule has 2 aliphatic rings. The van der Waals surface area contributed by atoms with Crippen LogP contribution in [0.25, 0.3) is 0 Å². The summed E-state index contributed by atoms with van der Waals surface area (Å²) in [7, 11) is 0. The van der Waals surface area contributed by atoms with Gasteiger partial charge in [-0.05, 0) is 18.6 Å². The largest absolute Gasteiger partial charge is 0.336 e. The van der Waals surface area contributed by atoms with E-state index in [1.54, 1.807) is 21.2 Å². The van der Waals surface area contributed by atoms with Crippen molar-refractivity contribution < 1.29 is 14.4 Å². The summed E-state index contributed by atoms with van der Waals surface area (Å²) in [6.07, 6.45) is 1.47. The molecule has 1 aromatic heterocycles. The van der Waals surface area contributed by atoms with Crippen molar-refractivity contribution in [3.63, 3.8) is 0 Å². The number of carbonyl (C=O) groups is 3. The van der Waals surface area contributed by atoms with E-state index in [0.717, 1.165) is 12.1 Å². The highest BCUT2D eigenvalue weighted by atomic mass is 32.1. The van der Waals surface area contributed by atoms with E-state index in [1.165, 1.54) is 11.3 Å². The molecule has 27 heavy (non-hydrogen) atoms. The van der Waals surface area contributed by atoms with E-state index in [4.69, 9.17) is 0 Å². The van der Waals surface area contributed by atoms with Gasteiger partial charge in [0.15, 0.2) is 5.13 Å². The number of urea groups is 1. The van der Waals surface area contributed by atoms with Crippen molar-refractivity contribution in [3.8, 4) is 0 Å². The Morgan fingerprint density at radius 1 is 1.22 bits per heavy atom. The molecule has 0 spiro atoms. The first kappa shape index (κ1) is 17.5. The molecular weight excluding hydrogens is 366 g/mol. The average molecular weight is 385 g/mol. The second-order valence-electron chi connectivity index (χ2n) is 6.40. The zero-order valence-electron chi connectivity index (χ0n) is 14.6. The monoisotopic (exact) mass is 385 g/mol. The molecule has 3 heterocycles. The minimum absolute atomic E-state index is 0.0738. The normalized spacial score (nSPS) is 16.7. The van der Waals surface area contributed by atoms with Gasteiger partial charge in [-0.2, -0.15) is 0 Å². The smallest absolute Gasteiger partial charge is 0.323 e. The van der Waals surface area contributed by atoms with Gasteiger partial charge >= 0.3 is 6.03 Å². The van der Waals surface area contributed by atoms with Crippen molar-refractivity contribution in [2.45, 2.75) is 19.3 Å². The lowest BCUT2D eigenvalue weighted by Crippen LogP contribution is -2.27. The van der Waals surface area contributed by atoms with Gasteiger partial charge in [0.1, 0.15) is 0 Å². The molecule has 4 amide bonds. The van der Waals surface area contributed by atoms with Gasteiger partial charge in [-0.25, -0.2) is 9.78 Å². The van der Waals surface area contributed by atoms with E-state index in [-0.39, 0.29) is 24.3 Å². The fourth-order valence-corrected chi connectivity index (χ4v) is 4.08. The third-order valence-electron chi connectivity index (χ3n) is 4.51. The molecule has 2 fully saturated rings. The van der Waals surface area contributed by atoms with E-state index >= 15 is 0 Å². The highest BCUT2D eigenvalue weighted by Crippen LogP contribution is 2.29. The van der Waals surface area contributed by atoms with Crippen LogP contribution in [0.3, 0.4) is 0 Å². The van der Waals surface area contributed by atoms with Crippen LogP contribution in [0.2, 0.25) is 0 Å². The lowest BCUT2D eigenvalue weighted by atomic mass is 10.2. The van der Waals surface area contributed by atoms with Gasteiger partial charge < -0.3 is 15.5 Å². The molecule has 140 valence electrons. The Morgan fingerprint density at radius 3 is 2.81 bits per heavy atom. The third-order valence-corrected chi connectivity index (χ3v) is 5.42. The molecule has 0 radical (unpaired) electrons. The van der Waals surface area contributed by atoms with Crippen LogP contribution < -0.4 is 20.4 Å². The number of thiazole rings is 1. The number of benzene rings is 1. The average Bonchev–Trinajstić information content (AvgIpc) is 3.37. The Labute approximate surface area is 160 Å². The molecule has 0 unspecified atom stereocenters. The molecule has 8 nitrogen and oxygen atoms in total. The van der Waals surface area contributed by atoms with Gasteiger partial charge in [-0.1, -0.05) is 12.1 Å². The predicted octanol–water partition coefficient (Wildman–Crippen LogP) is 1.98. The number of nitrogens with zero attached hydrogens (tertiary/aromatic N) is 3. The van der Waals surface area contributed by atoms with E-state index in [0.29, 0.717) is 42.6 Å². The number of anilines is 3. The SMILES string of the molecule is O=C(Cc1csc(N2CCNC2=O)n1)Nc1ccccc1N1CCCC1=O. The topological polar surface area (TPSA) is 94.6 Å². The quantitative estimate of drug-likeness (QED) is 0.823. The zero-order chi connectivity index (χ0) is 18.8. The molecule has 2 aromatic rings. The van der Waals surface area contributed by atoms with Crippen LogP contribution in [0, 0.1) is 0 Å². The second kappa shape index (κ2) is 7.36. The number of hydrogen-bond acceptors (Lipinski definition) is 5. The standard InChI is InChI=1S/C18H19N5O3S/c24-15(10-12-11-27-18(20-12)23-9-7-19-17(23)26)21-13-4-1-2-5-14(13)22-8-3-6-16(22)25/h1-2,4-5,11H,3,6-10H2,(H,19,26)(H,21,24). The predicted molar refractivity (Wildman–Crippen MR) is 103 cm³/mol. The summed E-state index contributed by atoms with van der Waals surface area (Å²) < 4.78 is 0. The summed E-state index contributed by atoms with van der Waals surface area (Å²) >= 11 is 1.34. The van der Waals surface area contributed by atoms with E-state index < -0.39 is 0 Å². The van der Waals surface area contributed by atoms with Crippen molar-refractivity contribution in [3.05, 3.63) is 35.3 Å². The molecule has 2 saturated heterocycles. The Bertz CT molecular complexity index is 897. The summed E-state index contributed by atoms with van der Waals surface area (Å²) in [6.45, 7) is 1.84. The Morgan fingerprint density at radius 2 is 2.07 bits per heavy atom. The first-order chi connectivity index (χ1) is 13.1. The van der Waals surface area contributed by atoms with E-state index in [2.05, 4.69) is 15.6 Å². The lowest BCUT2D eigenvalue weighted by Gasteiger charge is -2.19. The molecule has 0 aliphatic carbocycles. The van der Waals surface area contributed by atoms with Crippen molar-refractivity contribution in [2.75, 3.05) is 34.8 Å². The van der Waals surface area contributed by atoms with Gasteiger partial charge in [0.25, 0.3) is 0 Å². The van der Waals surface area contributed by atoms with Gasteiger partial charge in [-0.3, -0.25) is 14.5 Å². The Balaban J connectivity index is 1.44. The fourth-order valence-electron chi connectivity index (χ4n) is 3.23. The molecule has 9 heteroatoms. The van der Waals surface area contributed by atoms with Crippen molar-refractivity contribution in [1.29, 1.82) is 0 Å². The van der Waals surface area contributed by atoms with E-state index in [1.807, 2.05) is 18.2 Å². The summed E-state index contributed by atoms with van der Waals surface area (Å²) in [5, 5.41) is 7.99. The highest BCUT2D eigenvalue weighted by molar-refractivity contribution is 7.14. The third kappa shape index (κ3) is 3.63. The van der Waals surface area contributed by atoms with Gasteiger partial charge in [0.2, 0.25) is 11.8 Å². The lowest BCUT2D eigenvalue weighted by molar-refractivity contribution is -0.117. The zero-order valence-corrected chi connectivity index (χ0v) is 15.4. The number of aromatic nitrogens is 1. The first-order valence-corrected chi connectivity index (χ1v) is 9.69. The molecule has 4 rings (SSSR count). The van der Waals surface area contributed by atoms with Gasteiger partial charge in [0.05, 0.1) is 23.5 Å². The summed E-state index contributed by atoms with van der Waals surface area (Å²) in [6, 6.07) is 7.15. The number of hydrogen-bond donors (Lipinski definition) is 2. The van der Waals surface area contributed by atoms with Crippen LogP contribution >= 0.6 is 11.3 Å². The van der Waals surface area contributed by atoms with Gasteiger partial charge in [-0.15, -0.1) is 11.3 Å². The number of carbonyl (C=O) groups excluding carboxylic acids is 3. The Kier molecular flexibility index (Phi) is 4.76. The van der Waals surface area contributed by atoms with Crippen LogP contribution in [0.5, 0.6) is 0 Å². The molecule has 0 saturated carbocycles. The second-order valence-corrected chi connectivity index (χ2v) is 7.23. The summed E-state index contributed by atoms with van der Waals surface area (Å²) in [5.74, 6) is -0.137. The minimum Gasteiger partial charge on any atom is -0.336 e. The molecule has 2 aliphatic heterocycles. The fraction of sp³-hybridized carbons (Fsp3) is 0.333. The molecule has 2 N–H and O–H groups in total. The number of nitrogens with one attached hydrogen (secondary N) is 2. The van der Waals surface area contributed by atoms with Crippen LogP contribution in [0.1, 0.15) is 18.5 Å². The maximum atomic E-state index is 12.5. The summed E-state index contributed by atoms with van der Waals surface area (Å²) in [5.41, 5.74) is 1.95. The van der Waals surface area contributed by atoms with Crippen LogP contribution in [0.4, 0.5) is 21.3 Å². The molecule has 1 aromatic carbocycles. The Hall–Kier alpha value is -2.94. The molecular formula is C18H19N5O3S.